The third-order valence-corrected chi connectivity index (χ3v) is 0.887. The number of hydrogen-bond acceptors (Lipinski definition) is 4. The summed E-state index contributed by atoms with van der Waals surface area (Å²) in [5.74, 6) is 1.51. The summed E-state index contributed by atoms with van der Waals surface area (Å²) in [6.45, 7) is 12.3. The molecule has 0 bridgehead atoms. The van der Waals surface area contributed by atoms with Crippen molar-refractivity contribution in [2.75, 3.05) is 62.8 Å². The largest absolute Gasteiger partial charge is 0.384 e. The molecular formula is C16H42N2O2. The molecule has 0 unspecified atom stereocenters. The maximum absolute atomic E-state index is 4.80. The van der Waals surface area contributed by atoms with Gasteiger partial charge in [-0.3, -0.25) is 4.90 Å². The number of nitrogens with zero attached hydrogens (tertiary/aromatic N) is 2. The maximum Gasteiger partial charge on any atom is 0.0981 e. The normalized spacial score (nSPS) is 9.60. The van der Waals surface area contributed by atoms with E-state index in [1.165, 1.54) is 0 Å². The van der Waals surface area contributed by atoms with Gasteiger partial charge in [-0.2, -0.15) is 0 Å². The van der Waals surface area contributed by atoms with E-state index in [0.29, 0.717) is 12.6 Å². The quantitative estimate of drug-likeness (QED) is 0.743. The van der Waals surface area contributed by atoms with Crippen LogP contribution in [-0.2, 0) is 9.47 Å². The van der Waals surface area contributed by atoms with E-state index in [1.54, 1.807) is 14.2 Å². The van der Waals surface area contributed by atoms with Crippen LogP contribution in [-0.4, -0.2) is 72.6 Å². The molecule has 0 N–H and O–H groups in total. The molecule has 0 rings (SSSR count). The molecule has 20 heavy (non-hydrogen) atoms. The molecule has 0 fully saturated rings. The molecule has 0 radical (unpaired) electrons. The van der Waals surface area contributed by atoms with E-state index in [-0.39, 0.29) is 0 Å². The molecule has 4 heteroatoms. The molecule has 0 aromatic heterocycles. The molecule has 0 aliphatic rings. The van der Waals surface area contributed by atoms with Crippen molar-refractivity contribution in [3.8, 4) is 0 Å². The lowest BCUT2D eigenvalue weighted by Gasteiger charge is -2.04. The lowest BCUT2D eigenvalue weighted by atomic mass is 10.2. The first-order valence-electron chi connectivity index (χ1n) is 7.24. The summed E-state index contributed by atoms with van der Waals surface area (Å²) in [5.41, 5.74) is 0. The van der Waals surface area contributed by atoms with Gasteiger partial charge >= 0.3 is 0 Å². The Kier molecular flexibility index (Phi) is 33.5. The molecule has 0 saturated carbocycles. The van der Waals surface area contributed by atoms with Crippen LogP contribution in [0.25, 0.3) is 0 Å². The highest BCUT2D eigenvalue weighted by molar-refractivity contribution is 4.35. The van der Waals surface area contributed by atoms with Crippen LogP contribution in [0.4, 0.5) is 0 Å². The molecule has 0 heterocycles. The van der Waals surface area contributed by atoms with Gasteiger partial charge in [0, 0.05) is 20.8 Å². The topological polar surface area (TPSA) is 24.9 Å². The van der Waals surface area contributed by atoms with Gasteiger partial charge in [0.05, 0.1) is 6.73 Å². The molecule has 0 aromatic carbocycles. The van der Waals surface area contributed by atoms with Gasteiger partial charge in [-0.1, -0.05) is 34.6 Å². The molecule has 0 spiro atoms. The van der Waals surface area contributed by atoms with Crippen molar-refractivity contribution in [2.24, 2.45) is 11.8 Å². The lowest BCUT2D eigenvalue weighted by Crippen LogP contribution is -2.13. The van der Waals surface area contributed by atoms with E-state index in [2.05, 4.69) is 34.6 Å². The fourth-order valence-electron chi connectivity index (χ4n) is 0.592. The van der Waals surface area contributed by atoms with Gasteiger partial charge in [0.25, 0.3) is 0 Å². The van der Waals surface area contributed by atoms with Gasteiger partial charge in [0.2, 0.25) is 0 Å². The first-order chi connectivity index (χ1) is 9.00. The zero-order valence-corrected chi connectivity index (χ0v) is 16.3. The van der Waals surface area contributed by atoms with Gasteiger partial charge in [0.1, 0.15) is 0 Å². The summed E-state index contributed by atoms with van der Waals surface area (Å²) in [5, 5.41) is 0. The van der Waals surface area contributed by atoms with Gasteiger partial charge < -0.3 is 14.4 Å². The lowest BCUT2D eigenvalue weighted by molar-refractivity contribution is 0.0994. The smallest absolute Gasteiger partial charge is 0.0981 e. The van der Waals surface area contributed by atoms with Gasteiger partial charge in [-0.25, -0.2) is 0 Å². The molecular weight excluding hydrogens is 252 g/mol. The average Bonchev–Trinajstić information content (AvgIpc) is 2.15. The Balaban J connectivity index is -0.0000000871. The Morgan fingerprint density at radius 1 is 0.750 bits per heavy atom. The molecule has 128 valence electrons. The number of ether oxygens (including phenoxy) is 2. The van der Waals surface area contributed by atoms with Crippen molar-refractivity contribution in [2.45, 2.75) is 34.6 Å². The van der Waals surface area contributed by atoms with Gasteiger partial charge in [-0.05, 0) is 47.1 Å². The summed E-state index contributed by atoms with van der Waals surface area (Å²) in [7, 11) is 13.3. The first kappa shape index (κ1) is 28.1. The second-order valence-corrected chi connectivity index (χ2v) is 6.42. The summed E-state index contributed by atoms with van der Waals surface area (Å²) in [6.07, 6.45) is 0. The van der Waals surface area contributed by atoms with Crippen molar-refractivity contribution in [3.63, 3.8) is 0 Å². The van der Waals surface area contributed by atoms with Crippen LogP contribution >= 0.6 is 0 Å². The molecule has 0 aliphatic carbocycles. The van der Waals surface area contributed by atoms with Crippen LogP contribution in [0.1, 0.15) is 34.6 Å². The average molecular weight is 295 g/mol. The minimum Gasteiger partial charge on any atom is -0.384 e. The second kappa shape index (κ2) is 23.9. The van der Waals surface area contributed by atoms with Gasteiger partial charge in [-0.15, -0.1) is 0 Å². The SMILES string of the molecule is CC(C)C.CN(C)C.COCC(C)C.COCN(C)C. The van der Waals surface area contributed by atoms with Crippen LogP contribution in [0, 0.1) is 11.8 Å². The minimum absolute atomic E-state index is 0.676. The van der Waals surface area contributed by atoms with Crippen molar-refractivity contribution < 1.29 is 9.47 Å². The minimum atomic E-state index is 0.676. The highest BCUT2D eigenvalue weighted by Crippen LogP contribution is 1.88. The van der Waals surface area contributed by atoms with E-state index < -0.39 is 0 Å². The first-order valence-corrected chi connectivity index (χ1v) is 7.24. The van der Waals surface area contributed by atoms with Crippen LogP contribution in [0.2, 0.25) is 0 Å². The summed E-state index contributed by atoms with van der Waals surface area (Å²) < 4.78 is 9.53. The van der Waals surface area contributed by atoms with Crippen molar-refractivity contribution >= 4 is 0 Å². The highest BCUT2D eigenvalue weighted by atomic mass is 16.5. The Bertz CT molecular complexity index is 117. The predicted molar refractivity (Wildman–Crippen MR) is 92.4 cm³/mol. The zero-order chi connectivity index (χ0) is 17.1. The predicted octanol–water partition coefficient (Wildman–Crippen LogP) is 3.28. The monoisotopic (exact) mass is 294 g/mol. The van der Waals surface area contributed by atoms with Crippen molar-refractivity contribution in [1.82, 2.24) is 9.80 Å². The van der Waals surface area contributed by atoms with Gasteiger partial charge in [0.15, 0.2) is 0 Å². The fourth-order valence-corrected chi connectivity index (χ4v) is 0.592. The third kappa shape index (κ3) is 148. The number of hydrogen-bond donors (Lipinski definition) is 0. The standard InChI is InChI=1S/C5H12O.C4H11NO.C4H10.C3H9N/c2*1-5(2)4-6-3;2*1-4(2)3/h5H,4H2,1-3H3;4H2,1-3H3;4H,1-3H3;1-3H3. The number of methoxy groups -OCH3 is 2. The maximum atomic E-state index is 4.80. The Labute approximate surface area is 129 Å². The Morgan fingerprint density at radius 3 is 1.05 bits per heavy atom. The summed E-state index contributed by atoms with van der Waals surface area (Å²) >= 11 is 0. The van der Waals surface area contributed by atoms with E-state index >= 15 is 0 Å². The third-order valence-electron chi connectivity index (χ3n) is 0.887. The van der Waals surface area contributed by atoms with Crippen molar-refractivity contribution in [1.29, 1.82) is 0 Å². The van der Waals surface area contributed by atoms with Crippen molar-refractivity contribution in [3.05, 3.63) is 0 Å². The van der Waals surface area contributed by atoms with Crippen LogP contribution in [0.3, 0.4) is 0 Å². The molecule has 0 aliphatic heterocycles. The van der Waals surface area contributed by atoms with Crippen LogP contribution < -0.4 is 0 Å². The van der Waals surface area contributed by atoms with E-state index in [4.69, 9.17) is 9.47 Å². The van der Waals surface area contributed by atoms with E-state index in [0.717, 1.165) is 12.5 Å². The summed E-state index contributed by atoms with van der Waals surface area (Å²) in [4.78, 5) is 3.96. The zero-order valence-electron chi connectivity index (χ0n) is 16.3. The highest BCUT2D eigenvalue weighted by Gasteiger charge is 1.85. The number of rotatable bonds is 4. The molecule has 0 amide bonds. The second-order valence-electron chi connectivity index (χ2n) is 6.42. The fraction of sp³-hybridized carbons (Fsp3) is 1.00. The molecule has 0 atom stereocenters. The van der Waals surface area contributed by atoms with E-state index in [1.807, 2.05) is 45.0 Å². The van der Waals surface area contributed by atoms with Crippen LogP contribution in [0.5, 0.6) is 0 Å². The van der Waals surface area contributed by atoms with E-state index in [9.17, 15) is 0 Å². The Hall–Kier alpha value is -0.160. The molecule has 0 aromatic rings. The van der Waals surface area contributed by atoms with Crippen LogP contribution in [0.15, 0.2) is 0 Å². The molecule has 0 saturated heterocycles. The molecule has 4 nitrogen and oxygen atoms in total. The summed E-state index contributed by atoms with van der Waals surface area (Å²) in [6, 6.07) is 0. The Morgan fingerprint density at radius 2 is 1.05 bits per heavy atom.